The highest BCUT2D eigenvalue weighted by Crippen LogP contribution is 2.38. The Hall–Kier alpha value is -2.88. The Balaban J connectivity index is 1.34. The summed E-state index contributed by atoms with van der Waals surface area (Å²) in [5, 5.41) is 13.5. The van der Waals surface area contributed by atoms with Gasteiger partial charge in [0.1, 0.15) is 17.0 Å². The number of imidazole rings is 1. The second kappa shape index (κ2) is 10.4. The first-order valence-corrected chi connectivity index (χ1v) is 13.5. The molecule has 0 bridgehead atoms. The van der Waals surface area contributed by atoms with Crippen LogP contribution in [0.25, 0.3) is 22.1 Å². The van der Waals surface area contributed by atoms with E-state index in [2.05, 4.69) is 45.8 Å². The third-order valence-electron chi connectivity index (χ3n) is 8.20. The summed E-state index contributed by atoms with van der Waals surface area (Å²) in [6.45, 7) is 4.60. The number of fused-ring (bicyclic) bond motifs is 3. The van der Waals surface area contributed by atoms with Gasteiger partial charge in [0.15, 0.2) is 0 Å². The third kappa shape index (κ3) is 5.22. The van der Waals surface area contributed by atoms with Crippen molar-refractivity contribution in [1.82, 2.24) is 24.8 Å². The molecule has 3 aromatic rings. The third-order valence-corrected chi connectivity index (χ3v) is 8.20. The minimum absolute atomic E-state index is 0.0744. The SMILES string of the molecule is CC(C)CC1CCC(NC(=O)Cc2nc3cnc4[nH]ccc4c3n2[C@H]2CC[C@H](CC#N)CC2)CC1. The minimum Gasteiger partial charge on any atom is -0.353 e. The van der Waals surface area contributed by atoms with E-state index >= 15 is 0 Å². The Morgan fingerprint density at radius 1 is 1.17 bits per heavy atom. The fourth-order valence-corrected chi connectivity index (χ4v) is 6.53. The summed E-state index contributed by atoms with van der Waals surface area (Å²) in [7, 11) is 0. The molecule has 0 unspecified atom stereocenters. The molecule has 2 N–H and O–H groups in total. The first-order chi connectivity index (χ1) is 17.0. The van der Waals surface area contributed by atoms with Crippen molar-refractivity contribution in [1.29, 1.82) is 5.26 Å². The Bertz CT molecular complexity index is 1200. The van der Waals surface area contributed by atoms with E-state index in [0.29, 0.717) is 24.8 Å². The number of aromatic amines is 1. The summed E-state index contributed by atoms with van der Waals surface area (Å²) in [5.41, 5.74) is 2.79. The standard InChI is InChI=1S/C28H38N6O/c1-18(2)15-20-3-7-21(8-4-20)32-26(35)16-25-33-24-17-31-28-23(12-14-30-28)27(24)34(25)22-9-5-19(6-10-22)11-13-29/h12,14,17-22H,3-11,15-16H2,1-2H3,(H,30,31)(H,32,35)/t19-,20?,21?,22-. The highest BCUT2D eigenvalue weighted by molar-refractivity contribution is 6.01. The van der Waals surface area contributed by atoms with Crippen LogP contribution in [0.5, 0.6) is 0 Å². The van der Waals surface area contributed by atoms with E-state index in [0.717, 1.165) is 78.3 Å². The van der Waals surface area contributed by atoms with Gasteiger partial charge >= 0.3 is 0 Å². The quantitative estimate of drug-likeness (QED) is 0.450. The molecule has 3 aromatic heterocycles. The van der Waals surface area contributed by atoms with Crippen LogP contribution in [0.2, 0.25) is 0 Å². The topological polar surface area (TPSA) is 99.4 Å². The van der Waals surface area contributed by atoms with Gasteiger partial charge in [-0.1, -0.05) is 13.8 Å². The molecule has 2 fully saturated rings. The number of hydrogen-bond donors (Lipinski definition) is 2. The van der Waals surface area contributed by atoms with Gasteiger partial charge in [0, 0.05) is 30.1 Å². The van der Waals surface area contributed by atoms with Crippen molar-refractivity contribution in [3.8, 4) is 6.07 Å². The van der Waals surface area contributed by atoms with Crippen molar-refractivity contribution in [2.24, 2.45) is 17.8 Å². The normalized spacial score (nSPS) is 25.2. The van der Waals surface area contributed by atoms with Crippen LogP contribution in [-0.4, -0.2) is 31.5 Å². The van der Waals surface area contributed by atoms with Crippen LogP contribution in [0, 0.1) is 29.1 Å². The zero-order chi connectivity index (χ0) is 24.4. The van der Waals surface area contributed by atoms with Gasteiger partial charge < -0.3 is 14.9 Å². The molecule has 0 atom stereocenters. The zero-order valence-corrected chi connectivity index (χ0v) is 21.1. The largest absolute Gasteiger partial charge is 0.353 e. The van der Waals surface area contributed by atoms with Gasteiger partial charge in [-0.3, -0.25) is 4.79 Å². The molecule has 186 valence electrons. The lowest BCUT2D eigenvalue weighted by molar-refractivity contribution is -0.121. The number of nitrogens with one attached hydrogen (secondary N) is 2. The summed E-state index contributed by atoms with van der Waals surface area (Å²) in [4.78, 5) is 25.9. The van der Waals surface area contributed by atoms with Gasteiger partial charge in [-0.05, 0) is 81.6 Å². The highest BCUT2D eigenvalue weighted by atomic mass is 16.1. The molecule has 5 rings (SSSR count). The zero-order valence-electron chi connectivity index (χ0n) is 21.1. The van der Waals surface area contributed by atoms with Crippen LogP contribution < -0.4 is 5.32 Å². The van der Waals surface area contributed by atoms with Crippen LogP contribution in [0.15, 0.2) is 18.5 Å². The molecule has 0 aliphatic heterocycles. The molecule has 1 amide bonds. The van der Waals surface area contributed by atoms with E-state index in [1.807, 2.05) is 12.4 Å². The van der Waals surface area contributed by atoms with Gasteiger partial charge in [0.25, 0.3) is 0 Å². The van der Waals surface area contributed by atoms with E-state index in [-0.39, 0.29) is 11.9 Å². The van der Waals surface area contributed by atoms with Crippen molar-refractivity contribution in [3.05, 3.63) is 24.3 Å². The Labute approximate surface area is 207 Å². The molecule has 7 heteroatoms. The van der Waals surface area contributed by atoms with Gasteiger partial charge in [0.2, 0.25) is 5.91 Å². The van der Waals surface area contributed by atoms with Crippen LogP contribution in [0.3, 0.4) is 0 Å². The lowest BCUT2D eigenvalue weighted by Crippen LogP contribution is -2.39. The van der Waals surface area contributed by atoms with Crippen LogP contribution in [-0.2, 0) is 11.2 Å². The first kappa shape index (κ1) is 23.8. The molecule has 35 heavy (non-hydrogen) atoms. The number of pyridine rings is 1. The van der Waals surface area contributed by atoms with Gasteiger partial charge in [-0.25, -0.2) is 9.97 Å². The predicted octanol–water partition coefficient (Wildman–Crippen LogP) is 5.82. The van der Waals surface area contributed by atoms with Crippen molar-refractivity contribution in [2.45, 2.75) is 96.6 Å². The average molecular weight is 475 g/mol. The van der Waals surface area contributed by atoms with Crippen LogP contribution in [0.4, 0.5) is 0 Å². The fraction of sp³-hybridized carbons (Fsp3) is 0.643. The first-order valence-electron chi connectivity index (χ1n) is 13.5. The Morgan fingerprint density at radius 2 is 1.91 bits per heavy atom. The Kier molecular flexibility index (Phi) is 7.08. The predicted molar refractivity (Wildman–Crippen MR) is 138 cm³/mol. The lowest BCUT2D eigenvalue weighted by Gasteiger charge is -2.31. The van der Waals surface area contributed by atoms with Gasteiger partial charge in [0.05, 0.1) is 24.2 Å². The molecule has 2 saturated carbocycles. The molecule has 0 spiro atoms. The summed E-state index contributed by atoms with van der Waals surface area (Å²) >= 11 is 0. The maximum atomic E-state index is 13.2. The van der Waals surface area contributed by atoms with Crippen LogP contribution >= 0.6 is 0 Å². The number of aromatic nitrogens is 4. The minimum atomic E-state index is 0.0744. The molecule has 2 aliphatic carbocycles. The average Bonchev–Trinajstić information content (AvgIpc) is 3.45. The summed E-state index contributed by atoms with van der Waals surface area (Å²) in [6, 6.07) is 4.98. The number of amides is 1. The molecule has 0 aromatic carbocycles. The van der Waals surface area contributed by atoms with Crippen molar-refractivity contribution < 1.29 is 4.79 Å². The molecule has 0 saturated heterocycles. The molecule has 2 aliphatic rings. The summed E-state index contributed by atoms with van der Waals surface area (Å²) in [6.07, 6.45) is 14.7. The van der Waals surface area contributed by atoms with E-state index in [9.17, 15) is 4.79 Å². The van der Waals surface area contributed by atoms with Crippen molar-refractivity contribution >= 4 is 28.0 Å². The van der Waals surface area contributed by atoms with Crippen molar-refractivity contribution in [2.75, 3.05) is 0 Å². The second-order valence-electron chi connectivity index (χ2n) is 11.3. The number of carbonyl (C=O) groups is 1. The number of nitrogens with zero attached hydrogens (tertiary/aromatic N) is 4. The van der Waals surface area contributed by atoms with Gasteiger partial charge in [-0.2, -0.15) is 5.26 Å². The number of hydrogen-bond acceptors (Lipinski definition) is 4. The maximum Gasteiger partial charge on any atom is 0.227 e. The van der Waals surface area contributed by atoms with E-state index in [1.54, 1.807) is 0 Å². The fourth-order valence-electron chi connectivity index (χ4n) is 6.53. The molecule has 3 heterocycles. The van der Waals surface area contributed by atoms with E-state index in [4.69, 9.17) is 10.2 Å². The molecular weight excluding hydrogens is 436 g/mol. The van der Waals surface area contributed by atoms with Crippen LogP contribution in [0.1, 0.15) is 89.9 Å². The van der Waals surface area contributed by atoms with E-state index < -0.39 is 0 Å². The second-order valence-corrected chi connectivity index (χ2v) is 11.3. The number of carbonyl (C=O) groups excluding carboxylic acids is 1. The number of nitriles is 1. The number of rotatable bonds is 7. The molecular formula is C28H38N6O. The number of H-pyrrole nitrogens is 1. The maximum absolute atomic E-state index is 13.2. The van der Waals surface area contributed by atoms with E-state index in [1.165, 1.54) is 19.3 Å². The smallest absolute Gasteiger partial charge is 0.227 e. The lowest BCUT2D eigenvalue weighted by atomic mass is 9.81. The summed E-state index contributed by atoms with van der Waals surface area (Å²) < 4.78 is 2.33. The monoisotopic (exact) mass is 474 g/mol. The highest BCUT2D eigenvalue weighted by Gasteiger charge is 2.28. The molecule has 7 nitrogen and oxygen atoms in total. The summed E-state index contributed by atoms with van der Waals surface area (Å²) in [5.74, 6) is 2.95. The Morgan fingerprint density at radius 3 is 2.63 bits per heavy atom. The van der Waals surface area contributed by atoms with Crippen molar-refractivity contribution in [3.63, 3.8) is 0 Å². The molecule has 0 radical (unpaired) electrons. The van der Waals surface area contributed by atoms with Gasteiger partial charge in [-0.15, -0.1) is 0 Å².